The Morgan fingerprint density at radius 2 is 1.95 bits per heavy atom. The van der Waals surface area contributed by atoms with Crippen LogP contribution in [0.3, 0.4) is 0 Å². The molecule has 4 heterocycles. The van der Waals surface area contributed by atoms with Crippen LogP contribution in [0.15, 0.2) is 52.3 Å². The Kier molecular flexibility index (Phi) is 7.06. The Morgan fingerprint density at radius 1 is 1.22 bits per heavy atom. The predicted octanol–water partition coefficient (Wildman–Crippen LogP) is 3.76. The van der Waals surface area contributed by atoms with E-state index in [9.17, 15) is 14.4 Å². The molecule has 5 rings (SSSR count). The topological polar surface area (TPSA) is 101 Å². The molecule has 0 atom stereocenters. The van der Waals surface area contributed by atoms with Crippen LogP contribution >= 0.6 is 35.6 Å². The molecule has 2 amide bonds. The number of thiocarbonyl (C=S) groups is 1. The summed E-state index contributed by atoms with van der Waals surface area (Å²) < 4.78 is 1.88. The van der Waals surface area contributed by atoms with Crippen molar-refractivity contribution in [3.8, 4) is 0 Å². The van der Waals surface area contributed by atoms with Crippen LogP contribution in [-0.2, 0) is 16.1 Å². The Morgan fingerprint density at radius 3 is 2.65 bits per heavy atom. The fourth-order valence-corrected chi connectivity index (χ4v) is 6.04. The number of amides is 2. The van der Waals surface area contributed by atoms with Gasteiger partial charge in [0.1, 0.15) is 15.8 Å². The van der Waals surface area contributed by atoms with Crippen LogP contribution in [0.5, 0.6) is 0 Å². The summed E-state index contributed by atoms with van der Waals surface area (Å²) in [7, 11) is 0. The SMILES string of the molecule is Cc1cccn2c(=O)c(/C=C3\SC(=S)N(Cc4ccccc4Cl)C3=O)c(N3CCC(C(N)=O)CC3)nc12. The van der Waals surface area contributed by atoms with Gasteiger partial charge in [-0.2, -0.15) is 0 Å². The van der Waals surface area contributed by atoms with E-state index in [4.69, 9.17) is 34.5 Å². The third kappa shape index (κ3) is 4.88. The summed E-state index contributed by atoms with van der Waals surface area (Å²) in [6, 6.07) is 11.0. The number of pyridine rings is 1. The average molecular weight is 554 g/mol. The van der Waals surface area contributed by atoms with Crippen LogP contribution in [0.25, 0.3) is 11.7 Å². The van der Waals surface area contributed by atoms with Crippen LogP contribution in [0, 0.1) is 12.8 Å². The average Bonchev–Trinajstić information content (AvgIpc) is 3.14. The maximum absolute atomic E-state index is 13.7. The summed E-state index contributed by atoms with van der Waals surface area (Å²) in [6.45, 7) is 3.18. The molecule has 2 N–H and O–H groups in total. The molecule has 37 heavy (non-hydrogen) atoms. The monoisotopic (exact) mass is 553 g/mol. The first-order valence-corrected chi connectivity index (χ1v) is 13.4. The Balaban J connectivity index is 1.56. The molecule has 0 unspecified atom stereocenters. The molecule has 0 spiro atoms. The lowest BCUT2D eigenvalue weighted by Gasteiger charge is -2.32. The molecular weight excluding hydrogens is 530 g/mol. The van der Waals surface area contributed by atoms with Crippen LogP contribution in [0.4, 0.5) is 5.82 Å². The van der Waals surface area contributed by atoms with E-state index < -0.39 is 0 Å². The largest absolute Gasteiger partial charge is 0.369 e. The lowest BCUT2D eigenvalue weighted by molar-refractivity contribution is -0.123. The third-order valence-corrected chi connectivity index (χ3v) is 8.44. The number of aryl methyl sites for hydroxylation is 1. The normalized spacial score (nSPS) is 17.8. The number of piperidine rings is 1. The minimum absolute atomic E-state index is 0.205. The van der Waals surface area contributed by atoms with Crippen molar-refractivity contribution in [2.75, 3.05) is 18.0 Å². The van der Waals surface area contributed by atoms with Gasteiger partial charge in [-0.25, -0.2) is 4.98 Å². The molecule has 190 valence electrons. The minimum atomic E-state index is -0.315. The first kappa shape index (κ1) is 25.4. The summed E-state index contributed by atoms with van der Waals surface area (Å²) in [4.78, 5) is 47.4. The van der Waals surface area contributed by atoms with Crippen molar-refractivity contribution in [3.05, 3.63) is 79.6 Å². The summed E-state index contributed by atoms with van der Waals surface area (Å²) in [5, 5.41) is 0.550. The zero-order valence-corrected chi connectivity index (χ0v) is 22.4. The molecule has 0 bridgehead atoms. The van der Waals surface area contributed by atoms with Crippen molar-refractivity contribution < 1.29 is 9.59 Å². The first-order chi connectivity index (χ1) is 17.7. The Labute approximate surface area is 228 Å². The van der Waals surface area contributed by atoms with Crippen molar-refractivity contribution in [3.63, 3.8) is 0 Å². The number of benzene rings is 1. The standard InChI is InChI=1S/C26H24ClN5O3S2/c1-15-5-4-10-31-22(15)29-23(30-11-8-16(9-12-30)21(28)33)18(24(31)34)13-20-25(35)32(26(36)37-20)14-17-6-2-3-7-19(17)27/h2-7,10,13,16H,8-9,11-12,14H2,1H3,(H2,28,33)/b20-13-. The highest BCUT2D eigenvalue weighted by Crippen LogP contribution is 2.35. The summed E-state index contributed by atoms with van der Waals surface area (Å²) in [6.07, 6.45) is 4.40. The Hall–Kier alpha value is -3.21. The summed E-state index contributed by atoms with van der Waals surface area (Å²) >= 11 is 13.0. The molecule has 0 aliphatic carbocycles. The number of primary amides is 1. The number of carbonyl (C=O) groups is 2. The van der Waals surface area contributed by atoms with E-state index in [1.54, 1.807) is 24.4 Å². The van der Waals surface area contributed by atoms with Gasteiger partial charge in [-0.05, 0) is 49.1 Å². The quantitative estimate of drug-likeness (QED) is 0.379. The number of hydrogen-bond donors (Lipinski definition) is 1. The van der Waals surface area contributed by atoms with Crippen molar-refractivity contribution in [2.24, 2.45) is 11.7 Å². The van der Waals surface area contributed by atoms with Gasteiger partial charge in [0.05, 0.1) is 17.0 Å². The molecular formula is C26H24ClN5O3S2. The van der Waals surface area contributed by atoms with Crippen molar-refractivity contribution in [1.29, 1.82) is 0 Å². The molecule has 2 saturated heterocycles. The second-order valence-corrected chi connectivity index (χ2v) is 11.1. The number of anilines is 1. The number of aromatic nitrogens is 2. The van der Waals surface area contributed by atoms with Gasteiger partial charge in [-0.3, -0.25) is 23.7 Å². The number of halogens is 1. The van der Waals surface area contributed by atoms with Gasteiger partial charge >= 0.3 is 0 Å². The number of rotatable bonds is 5. The van der Waals surface area contributed by atoms with E-state index in [1.807, 2.05) is 36.1 Å². The number of fused-ring (bicyclic) bond motifs is 1. The number of nitrogens with two attached hydrogens (primary N) is 1. The highest BCUT2D eigenvalue weighted by atomic mass is 35.5. The molecule has 2 fully saturated rings. The van der Waals surface area contributed by atoms with Gasteiger partial charge in [0.15, 0.2) is 0 Å². The second-order valence-electron chi connectivity index (χ2n) is 9.06. The van der Waals surface area contributed by atoms with E-state index in [1.165, 1.54) is 9.30 Å². The van der Waals surface area contributed by atoms with E-state index in [0.29, 0.717) is 57.2 Å². The van der Waals surface area contributed by atoms with Crippen LogP contribution in [-0.4, -0.2) is 43.5 Å². The Bertz CT molecular complexity index is 1530. The van der Waals surface area contributed by atoms with Gasteiger partial charge in [0.25, 0.3) is 11.5 Å². The third-order valence-electron chi connectivity index (χ3n) is 6.70. The molecule has 2 aromatic heterocycles. The zero-order chi connectivity index (χ0) is 26.3. The van der Waals surface area contributed by atoms with Crippen molar-refractivity contribution in [1.82, 2.24) is 14.3 Å². The summed E-state index contributed by atoms with van der Waals surface area (Å²) in [5.74, 6) is -0.325. The lowest BCUT2D eigenvalue weighted by Crippen LogP contribution is -2.40. The maximum Gasteiger partial charge on any atom is 0.267 e. The highest BCUT2D eigenvalue weighted by Gasteiger charge is 2.34. The predicted molar refractivity (Wildman–Crippen MR) is 150 cm³/mol. The maximum atomic E-state index is 13.7. The smallest absolute Gasteiger partial charge is 0.267 e. The van der Waals surface area contributed by atoms with Gasteiger partial charge in [-0.1, -0.05) is 59.8 Å². The number of thioether (sulfide) groups is 1. The molecule has 8 nitrogen and oxygen atoms in total. The van der Waals surface area contributed by atoms with Gasteiger partial charge < -0.3 is 10.6 Å². The second kappa shape index (κ2) is 10.3. The van der Waals surface area contributed by atoms with Crippen LogP contribution in [0.1, 0.15) is 29.5 Å². The lowest BCUT2D eigenvalue weighted by atomic mass is 9.96. The number of carbonyl (C=O) groups excluding carboxylic acids is 2. The fraction of sp³-hybridized carbons (Fsp3) is 0.269. The molecule has 2 aliphatic rings. The van der Waals surface area contributed by atoms with Crippen LogP contribution < -0.4 is 16.2 Å². The van der Waals surface area contributed by atoms with E-state index >= 15 is 0 Å². The van der Waals surface area contributed by atoms with Gasteiger partial charge in [0, 0.05) is 30.2 Å². The molecule has 0 radical (unpaired) electrons. The van der Waals surface area contributed by atoms with Crippen molar-refractivity contribution >= 4 is 69.3 Å². The number of hydrogen-bond acceptors (Lipinski definition) is 7. The first-order valence-electron chi connectivity index (χ1n) is 11.8. The van der Waals surface area contributed by atoms with Gasteiger partial charge in [-0.15, -0.1) is 0 Å². The molecule has 2 aliphatic heterocycles. The highest BCUT2D eigenvalue weighted by molar-refractivity contribution is 8.26. The summed E-state index contributed by atoms with van der Waals surface area (Å²) in [5.41, 5.74) is 7.71. The minimum Gasteiger partial charge on any atom is -0.369 e. The fourth-order valence-electron chi connectivity index (χ4n) is 4.61. The molecule has 1 aromatic carbocycles. The van der Waals surface area contributed by atoms with E-state index in [-0.39, 0.29) is 29.8 Å². The van der Waals surface area contributed by atoms with E-state index in [0.717, 1.165) is 22.9 Å². The van der Waals surface area contributed by atoms with Gasteiger partial charge in [0.2, 0.25) is 5.91 Å². The zero-order valence-electron chi connectivity index (χ0n) is 20.0. The van der Waals surface area contributed by atoms with Crippen molar-refractivity contribution in [2.45, 2.75) is 26.3 Å². The molecule has 3 aromatic rings. The van der Waals surface area contributed by atoms with E-state index in [2.05, 4.69) is 0 Å². The molecule has 11 heteroatoms. The van der Waals surface area contributed by atoms with Crippen LogP contribution in [0.2, 0.25) is 5.02 Å². The number of nitrogens with zero attached hydrogens (tertiary/aromatic N) is 4. The molecule has 0 saturated carbocycles.